The number of hydrogen-bond donors (Lipinski definition) is 1. The molecule has 26 heavy (non-hydrogen) atoms. The van der Waals surface area contributed by atoms with Crippen molar-refractivity contribution in [1.82, 2.24) is 19.6 Å². The van der Waals surface area contributed by atoms with Gasteiger partial charge in [0.2, 0.25) is 0 Å². The summed E-state index contributed by atoms with van der Waals surface area (Å²) in [6.45, 7) is 5.37. The first-order valence-electron chi connectivity index (χ1n) is 8.07. The third-order valence-corrected chi connectivity index (χ3v) is 4.05. The number of amides is 1. The molecule has 1 N–H and O–H groups in total. The number of anilines is 1. The molecule has 3 aromatic rings. The largest absolute Gasteiger partial charge is 0.319 e. The topological polar surface area (TPSA) is 108 Å². The van der Waals surface area contributed by atoms with Crippen molar-refractivity contribution < 1.29 is 9.72 Å². The minimum atomic E-state index is -0.534. The lowest BCUT2D eigenvalue weighted by Crippen LogP contribution is -2.11. The van der Waals surface area contributed by atoms with Crippen molar-refractivity contribution in [2.75, 3.05) is 5.32 Å². The van der Waals surface area contributed by atoms with E-state index in [4.69, 9.17) is 0 Å². The maximum atomic E-state index is 12.3. The molecule has 0 aliphatic rings. The highest BCUT2D eigenvalue weighted by Crippen LogP contribution is 2.16. The van der Waals surface area contributed by atoms with Crippen LogP contribution in [-0.2, 0) is 13.1 Å². The highest BCUT2D eigenvalue weighted by atomic mass is 16.6. The molecule has 3 rings (SSSR count). The minimum Gasteiger partial charge on any atom is -0.319 e. The van der Waals surface area contributed by atoms with E-state index >= 15 is 0 Å². The molecule has 0 saturated heterocycles. The quantitative estimate of drug-likeness (QED) is 0.541. The molecule has 0 atom stereocenters. The number of nitro benzene ring substituents is 1. The summed E-state index contributed by atoms with van der Waals surface area (Å²) < 4.78 is 3.61. The monoisotopic (exact) mass is 354 g/mol. The Hall–Kier alpha value is -3.49. The van der Waals surface area contributed by atoms with Gasteiger partial charge in [0.25, 0.3) is 11.6 Å². The second kappa shape index (κ2) is 7.18. The zero-order valence-corrected chi connectivity index (χ0v) is 14.4. The normalized spacial score (nSPS) is 10.7. The molecule has 0 bridgehead atoms. The van der Waals surface area contributed by atoms with Gasteiger partial charge in [-0.3, -0.25) is 24.3 Å². The Balaban J connectivity index is 1.70. The Bertz CT molecular complexity index is 959. The van der Waals surface area contributed by atoms with E-state index in [-0.39, 0.29) is 11.3 Å². The first kappa shape index (κ1) is 17.3. The predicted molar refractivity (Wildman–Crippen MR) is 95.0 cm³/mol. The Labute approximate surface area is 149 Å². The SMILES string of the molecule is CCn1ncc(Cn2cc(NC(=O)c3cccc([N+](=O)[O-])c3)cn2)c1C. The Kier molecular flexibility index (Phi) is 4.78. The molecule has 9 nitrogen and oxygen atoms in total. The van der Waals surface area contributed by atoms with Gasteiger partial charge in [-0.2, -0.15) is 10.2 Å². The number of hydrogen-bond acceptors (Lipinski definition) is 5. The fourth-order valence-electron chi connectivity index (χ4n) is 2.61. The second-order valence-corrected chi connectivity index (χ2v) is 5.76. The number of carbonyl (C=O) groups excluding carboxylic acids is 1. The highest BCUT2D eigenvalue weighted by Gasteiger charge is 2.13. The smallest absolute Gasteiger partial charge is 0.270 e. The molecule has 0 unspecified atom stereocenters. The lowest BCUT2D eigenvalue weighted by molar-refractivity contribution is -0.384. The second-order valence-electron chi connectivity index (χ2n) is 5.76. The number of nitrogens with zero attached hydrogens (tertiary/aromatic N) is 5. The molecule has 2 heterocycles. The van der Waals surface area contributed by atoms with Gasteiger partial charge in [-0.05, 0) is 19.9 Å². The predicted octanol–water partition coefficient (Wildman–Crippen LogP) is 2.62. The van der Waals surface area contributed by atoms with Crippen LogP contribution in [0.15, 0.2) is 42.9 Å². The van der Waals surface area contributed by atoms with Crippen LogP contribution in [0, 0.1) is 17.0 Å². The fourth-order valence-corrected chi connectivity index (χ4v) is 2.61. The van der Waals surface area contributed by atoms with E-state index in [2.05, 4.69) is 15.5 Å². The van der Waals surface area contributed by atoms with Gasteiger partial charge >= 0.3 is 0 Å². The number of nitro groups is 1. The third-order valence-electron chi connectivity index (χ3n) is 4.05. The molecule has 9 heteroatoms. The number of aryl methyl sites for hydroxylation is 1. The van der Waals surface area contributed by atoms with Crippen molar-refractivity contribution in [3.05, 3.63) is 69.8 Å². The summed E-state index contributed by atoms with van der Waals surface area (Å²) >= 11 is 0. The molecule has 1 aromatic carbocycles. The van der Waals surface area contributed by atoms with Gasteiger partial charge in [0.1, 0.15) is 0 Å². The number of carbonyl (C=O) groups is 1. The van der Waals surface area contributed by atoms with Crippen molar-refractivity contribution in [3.8, 4) is 0 Å². The lowest BCUT2D eigenvalue weighted by Gasteiger charge is -2.03. The highest BCUT2D eigenvalue weighted by molar-refractivity contribution is 6.04. The van der Waals surface area contributed by atoms with E-state index in [0.29, 0.717) is 12.2 Å². The summed E-state index contributed by atoms with van der Waals surface area (Å²) in [6, 6.07) is 5.58. The minimum absolute atomic E-state index is 0.128. The molecular formula is C17H18N6O3. The third kappa shape index (κ3) is 3.61. The standard InChI is InChI=1S/C17H18N6O3/c1-3-22-12(2)14(8-19-22)10-21-11-15(9-18-21)20-17(24)13-5-4-6-16(7-13)23(25)26/h4-9,11H,3,10H2,1-2H3,(H,20,24). The first-order valence-corrected chi connectivity index (χ1v) is 8.07. The van der Waals surface area contributed by atoms with Gasteiger partial charge in [0.15, 0.2) is 0 Å². The van der Waals surface area contributed by atoms with E-state index in [1.54, 1.807) is 10.9 Å². The molecular weight excluding hydrogens is 336 g/mol. The fraction of sp³-hybridized carbons (Fsp3) is 0.235. The first-order chi connectivity index (χ1) is 12.5. The van der Waals surface area contributed by atoms with Crippen LogP contribution in [0.5, 0.6) is 0 Å². The van der Waals surface area contributed by atoms with Crippen molar-refractivity contribution in [2.24, 2.45) is 0 Å². The van der Waals surface area contributed by atoms with Crippen LogP contribution in [0.1, 0.15) is 28.5 Å². The summed E-state index contributed by atoms with van der Waals surface area (Å²) in [6.07, 6.45) is 5.05. The van der Waals surface area contributed by atoms with Crippen LogP contribution in [-0.4, -0.2) is 30.4 Å². The van der Waals surface area contributed by atoms with Gasteiger partial charge in [-0.15, -0.1) is 0 Å². The summed E-state index contributed by atoms with van der Waals surface area (Å²) in [5.74, 6) is -0.428. The van der Waals surface area contributed by atoms with E-state index in [9.17, 15) is 14.9 Å². The molecule has 0 spiro atoms. The average molecular weight is 354 g/mol. The lowest BCUT2D eigenvalue weighted by atomic mass is 10.2. The van der Waals surface area contributed by atoms with Gasteiger partial charge in [-0.25, -0.2) is 0 Å². The van der Waals surface area contributed by atoms with E-state index in [0.717, 1.165) is 17.8 Å². The van der Waals surface area contributed by atoms with Gasteiger partial charge in [-0.1, -0.05) is 6.07 Å². The van der Waals surface area contributed by atoms with E-state index < -0.39 is 10.8 Å². The zero-order chi connectivity index (χ0) is 18.7. The Morgan fingerprint density at radius 2 is 2.12 bits per heavy atom. The number of rotatable bonds is 6. The van der Waals surface area contributed by atoms with Crippen LogP contribution in [0.2, 0.25) is 0 Å². The number of nitrogens with one attached hydrogen (secondary N) is 1. The van der Waals surface area contributed by atoms with Crippen LogP contribution in [0.25, 0.3) is 0 Å². The molecule has 2 aromatic heterocycles. The van der Waals surface area contributed by atoms with Crippen LogP contribution in [0.3, 0.4) is 0 Å². The summed E-state index contributed by atoms with van der Waals surface area (Å²) in [5, 5.41) is 22.0. The summed E-state index contributed by atoms with van der Waals surface area (Å²) in [5.41, 5.74) is 2.72. The van der Waals surface area contributed by atoms with E-state index in [1.165, 1.54) is 30.5 Å². The van der Waals surface area contributed by atoms with Gasteiger partial charge in [0, 0.05) is 41.7 Å². The van der Waals surface area contributed by atoms with Crippen LogP contribution in [0.4, 0.5) is 11.4 Å². The Morgan fingerprint density at radius 1 is 1.31 bits per heavy atom. The maximum Gasteiger partial charge on any atom is 0.270 e. The van der Waals surface area contributed by atoms with Crippen molar-refractivity contribution in [2.45, 2.75) is 26.9 Å². The molecule has 0 fully saturated rings. The van der Waals surface area contributed by atoms with Crippen molar-refractivity contribution >= 4 is 17.3 Å². The Morgan fingerprint density at radius 3 is 2.81 bits per heavy atom. The maximum absolute atomic E-state index is 12.3. The van der Waals surface area contributed by atoms with Crippen LogP contribution >= 0.6 is 0 Å². The van der Waals surface area contributed by atoms with Gasteiger partial charge < -0.3 is 5.32 Å². The number of aromatic nitrogens is 4. The molecule has 1 amide bonds. The molecule has 0 aliphatic carbocycles. The summed E-state index contributed by atoms with van der Waals surface area (Å²) in [7, 11) is 0. The number of non-ortho nitro benzene ring substituents is 1. The molecule has 0 aliphatic heterocycles. The summed E-state index contributed by atoms with van der Waals surface area (Å²) in [4.78, 5) is 22.6. The zero-order valence-electron chi connectivity index (χ0n) is 14.4. The molecule has 0 radical (unpaired) electrons. The number of benzene rings is 1. The van der Waals surface area contributed by atoms with E-state index in [1.807, 2.05) is 24.7 Å². The van der Waals surface area contributed by atoms with Crippen LogP contribution < -0.4 is 5.32 Å². The average Bonchev–Trinajstić information content (AvgIpc) is 3.22. The molecule has 134 valence electrons. The van der Waals surface area contributed by atoms with Crippen molar-refractivity contribution in [3.63, 3.8) is 0 Å². The van der Waals surface area contributed by atoms with Crippen molar-refractivity contribution in [1.29, 1.82) is 0 Å². The van der Waals surface area contributed by atoms with Gasteiger partial charge in [0.05, 0.1) is 29.5 Å². The molecule has 0 saturated carbocycles.